The summed E-state index contributed by atoms with van der Waals surface area (Å²) in [4.78, 5) is 0. The van der Waals surface area contributed by atoms with E-state index < -0.39 is 0 Å². The molecule has 0 aromatic carbocycles. The molecule has 0 aliphatic carbocycles. The fourth-order valence-corrected chi connectivity index (χ4v) is 1.76. The summed E-state index contributed by atoms with van der Waals surface area (Å²) in [6, 6.07) is 0. The summed E-state index contributed by atoms with van der Waals surface area (Å²) < 4.78 is 0. The quantitative estimate of drug-likeness (QED) is 0.783. The molecular formula is C9H19N2W-. The van der Waals surface area contributed by atoms with Gasteiger partial charge in [0.1, 0.15) is 0 Å². The molecular weight excluding hydrogens is 320 g/mol. The Bertz CT molecular complexity index is 131. The van der Waals surface area contributed by atoms with Gasteiger partial charge in [-0.3, -0.25) is 0 Å². The van der Waals surface area contributed by atoms with E-state index in [1.807, 2.05) is 0 Å². The average molecular weight is 339 g/mol. The molecule has 1 aliphatic rings. The first-order valence-corrected chi connectivity index (χ1v) is 4.43. The van der Waals surface area contributed by atoms with Crippen LogP contribution in [-0.4, -0.2) is 12.7 Å². The Kier molecular flexibility index (Phi) is 4.98. The summed E-state index contributed by atoms with van der Waals surface area (Å²) in [7, 11) is 0. The first-order valence-electron chi connectivity index (χ1n) is 4.43. The van der Waals surface area contributed by atoms with Crippen molar-refractivity contribution in [3.05, 3.63) is 5.73 Å². The van der Waals surface area contributed by atoms with Gasteiger partial charge < -0.3 is 11.1 Å². The summed E-state index contributed by atoms with van der Waals surface area (Å²) in [5, 5.41) is 3.16. The van der Waals surface area contributed by atoms with E-state index in [2.05, 4.69) is 26.1 Å². The second kappa shape index (κ2) is 4.74. The van der Waals surface area contributed by atoms with Crippen LogP contribution in [0.25, 0.3) is 5.73 Å². The minimum Gasteiger partial charge on any atom is -0.662 e. The first-order chi connectivity index (χ1) is 4.99. The summed E-state index contributed by atoms with van der Waals surface area (Å²) in [5.74, 6) is 0.579. The van der Waals surface area contributed by atoms with Crippen LogP contribution >= 0.6 is 0 Å². The van der Waals surface area contributed by atoms with Gasteiger partial charge in [0.25, 0.3) is 0 Å². The Morgan fingerprint density at radius 3 is 2.33 bits per heavy atom. The Morgan fingerprint density at radius 2 is 2.00 bits per heavy atom. The SMILES string of the molecule is CC(C)(C)CC1CCNC1[NH-].[W]. The van der Waals surface area contributed by atoms with E-state index in [4.69, 9.17) is 5.73 Å². The molecule has 0 aromatic rings. The largest absolute Gasteiger partial charge is 0.662 e. The molecule has 1 fully saturated rings. The summed E-state index contributed by atoms with van der Waals surface area (Å²) >= 11 is 0. The molecule has 1 aliphatic heterocycles. The van der Waals surface area contributed by atoms with Crippen LogP contribution in [0.15, 0.2) is 0 Å². The second-order valence-electron chi connectivity index (χ2n) is 4.75. The van der Waals surface area contributed by atoms with Crippen molar-refractivity contribution in [2.75, 3.05) is 6.54 Å². The smallest absolute Gasteiger partial charge is 0 e. The van der Waals surface area contributed by atoms with Gasteiger partial charge >= 0.3 is 0 Å². The molecule has 3 heteroatoms. The molecule has 0 bridgehead atoms. The molecule has 0 aromatic heterocycles. The van der Waals surface area contributed by atoms with Crippen LogP contribution in [-0.2, 0) is 21.1 Å². The molecule has 2 nitrogen and oxygen atoms in total. The van der Waals surface area contributed by atoms with Crippen molar-refractivity contribution in [2.24, 2.45) is 11.3 Å². The van der Waals surface area contributed by atoms with Crippen molar-refractivity contribution in [1.29, 1.82) is 0 Å². The van der Waals surface area contributed by atoms with Crippen molar-refractivity contribution in [3.8, 4) is 0 Å². The van der Waals surface area contributed by atoms with Gasteiger partial charge in [-0.25, -0.2) is 0 Å². The molecule has 1 saturated heterocycles. The molecule has 0 amide bonds. The van der Waals surface area contributed by atoms with Crippen LogP contribution in [0.2, 0.25) is 0 Å². The minimum atomic E-state index is -0.00535. The van der Waals surface area contributed by atoms with E-state index in [-0.39, 0.29) is 27.2 Å². The van der Waals surface area contributed by atoms with Gasteiger partial charge in [0.15, 0.2) is 0 Å². The van der Waals surface area contributed by atoms with Crippen LogP contribution in [0.1, 0.15) is 33.6 Å². The van der Waals surface area contributed by atoms with Crippen LogP contribution in [0.3, 0.4) is 0 Å². The minimum absolute atomic E-state index is 0. The van der Waals surface area contributed by atoms with E-state index in [1.54, 1.807) is 0 Å². The Labute approximate surface area is 89.9 Å². The maximum absolute atomic E-state index is 7.66. The second-order valence-corrected chi connectivity index (χ2v) is 4.75. The summed E-state index contributed by atoms with van der Waals surface area (Å²) in [5.41, 5.74) is 8.04. The fourth-order valence-electron chi connectivity index (χ4n) is 1.76. The van der Waals surface area contributed by atoms with Gasteiger partial charge in [0.05, 0.1) is 0 Å². The van der Waals surface area contributed by atoms with Crippen LogP contribution < -0.4 is 5.32 Å². The maximum atomic E-state index is 7.66. The van der Waals surface area contributed by atoms with Crippen LogP contribution in [0, 0.1) is 11.3 Å². The van der Waals surface area contributed by atoms with Gasteiger partial charge in [-0.2, -0.15) is 0 Å². The predicted octanol–water partition coefficient (Wildman–Crippen LogP) is 2.41. The number of hydrogen-bond acceptors (Lipinski definition) is 1. The molecule has 0 spiro atoms. The number of rotatable bonds is 1. The Morgan fingerprint density at radius 1 is 1.42 bits per heavy atom. The molecule has 12 heavy (non-hydrogen) atoms. The zero-order valence-electron chi connectivity index (χ0n) is 8.18. The number of nitrogens with one attached hydrogen (secondary N) is 2. The van der Waals surface area contributed by atoms with Crippen LogP contribution in [0.4, 0.5) is 0 Å². The van der Waals surface area contributed by atoms with E-state index >= 15 is 0 Å². The van der Waals surface area contributed by atoms with Crippen molar-refractivity contribution in [3.63, 3.8) is 0 Å². The Hall–Kier alpha value is 0.608. The van der Waals surface area contributed by atoms with E-state index in [0.717, 1.165) is 6.54 Å². The predicted molar refractivity (Wildman–Crippen MR) is 48.3 cm³/mol. The van der Waals surface area contributed by atoms with Crippen molar-refractivity contribution in [1.82, 2.24) is 5.32 Å². The van der Waals surface area contributed by atoms with Crippen LogP contribution in [0.5, 0.6) is 0 Å². The molecule has 2 atom stereocenters. The zero-order chi connectivity index (χ0) is 8.48. The van der Waals surface area contributed by atoms with Crippen molar-refractivity contribution in [2.45, 2.75) is 39.8 Å². The topological polar surface area (TPSA) is 35.8 Å². The van der Waals surface area contributed by atoms with E-state index in [0.29, 0.717) is 11.3 Å². The molecule has 2 N–H and O–H groups in total. The maximum Gasteiger partial charge on any atom is 0 e. The standard InChI is InChI=1S/C9H19N2.W/c1-9(2,3)6-7-4-5-11-8(7)10;/h7-8,10-11H,4-6H2,1-3H3;/q-1;. The summed E-state index contributed by atoms with van der Waals surface area (Å²) in [6.07, 6.45) is 2.36. The summed E-state index contributed by atoms with van der Waals surface area (Å²) in [6.45, 7) is 7.78. The van der Waals surface area contributed by atoms with Crippen molar-refractivity contribution < 1.29 is 21.1 Å². The molecule has 1 rings (SSSR count). The fraction of sp³-hybridized carbons (Fsp3) is 1.00. The van der Waals surface area contributed by atoms with E-state index in [9.17, 15) is 0 Å². The first kappa shape index (κ1) is 12.6. The monoisotopic (exact) mass is 339 g/mol. The molecule has 0 saturated carbocycles. The van der Waals surface area contributed by atoms with Gasteiger partial charge in [0.2, 0.25) is 0 Å². The third kappa shape index (κ3) is 4.02. The Balaban J connectivity index is 0.00000121. The third-order valence-corrected chi connectivity index (χ3v) is 2.23. The van der Waals surface area contributed by atoms with E-state index in [1.165, 1.54) is 12.8 Å². The molecule has 72 valence electrons. The van der Waals surface area contributed by atoms with Gasteiger partial charge in [0, 0.05) is 21.1 Å². The molecule has 2 unspecified atom stereocenters. The number of hydrogen-bond donors (Lipinski definition) is 1. The van der Waals surface area contributed by atoms with Crippen molar-refractivity contribution >= 4 is 0 Å². The van der Waals surface area contributed by atoms with Gasteiger partial charge in [-0.15, -0.1) is 0 Å². The molecule has 0 radical (unpaired) electrons. The molecule has 1 heterocycles. The average Bonchev–Trinajstić information content (AvgIpc) is 2.12. The normalized spacial score (nSPS) is 30.0. The van der Waals surface area contributed by atoms with Gasteiger partial charge in [-0.05, 0) is 30.7 Å². The third-order valence-electron chi connectivity index (χ3n) is 2.23. The zero-order valence-corrected chi connectivity index (χ0v) is 11.1. The van der Waals surface area contributed by atoms with Gasteiger partial charge in [-0.1, -0.05) is 26.9 Å².